The zero-order chi connectivity index (χ0) is 9.52. The van der Waals surface area contributed by atoms with Crippen LogP contribution in [-0.2, 0) is 4.84 Å². The van der Waals surface area contributed by atoms with Crippen molar-refractivity contribution >= 4 is 5.82 Å². The Balaban J connectivity index is 2.13. The van der Waals surface area contributed by atoms with Crippen molar-refractivity contribution in [3.63, 3.8) is 0 Å². The van der Waals surface area contributed by atoms with E-state index in [1.807, 2.05) is 0 Å². The van der Waals surface area contributed by atoms with Crippen molar-refractivity contribution in [3.8, 4) is 0 Å². The predicted molar refractivity (Wildman–Crippen MR) is 44.8 cm³/mol. The van der Waals surface area contributed by atoms with Crippen LogP contribution in [0.1, 0.15) is 6.42 Å². The van der Waals surface area contributed by atoms with E-state index in [0.29, 0.717) is 5.82 Å². The lowest BCUT2D eigenvalue weighted by molar-refractivity contribution is -0.0689. The molecule has 0 saturated heterocycles. The zero-order valence-corrected chi connectivity index (χ0v) is 7.00. The van der Waals surface area contributed by atoms with Crippen LogP contribution in [-0.4, -0.2) is 28.1 Å². The first-order valence-corrected chi connectivity index (χ1v) is 3.89. The van der Waals surface area contributed by atoms with Crippen LogP contribution in [0.2, 0.25) is 0 Å². The number of rotatable bonds is 5. The van der Waals surface area contributed by atoms with E-state index < -0.39 is 6.29 Å². The van der Waals surface area contributed by atoms with Crippen molar-refractivity contribution in [2.75, 3.05) is 6.61 Å². The summed E-state index contributed by atoms with van der Waals surface area (Å²) in [6, 6.07) is 5.25. The fourth-order valence-corrected chi connectivity index (χ4v) is 0.678. The fraction of sp³-hybridized carbons (Fsp3) is 0.375. The number of hydrogen-bond donors (Lipinski definition) is 2. The van der Waals surface area contributed by atoms with Gasteiger partial charge in [0.05, 0.1) is 6.61 Å². The molecule has 0 aliphatic rings. The monoisotopic (exact) mass is 183 g/mol. The summed E-state index contributed by atoms with van der Waals surface area (Å²) in [6.45, 7) is 0.161. The molecule has 1 radical (unpaired) electrons. The Morgan fingerprint density at radius 1 is 1.46 bits per heavy atom. The Kier molecular flexibility index (Phi) is 4.17. The largest absolute Gasteiger partial charge is 0.368 e. The third-order valence-electron chi connectivity index (χ3n) is 1.27. The minimum Gasteiger partial charge on any atom is -0.368 e. The first kappa shape index (κ1) is 9.91. The summed E-state index contributed by atoms with van der Waals surface area (Å²) in [5, 5.41) is 16.9. The molecule has 0 spiro atoms. The van der Waals surface area contributed by atoms with Crippen molar-refractivity contribution in [1.82, 2.24) is 10.5 Å². The molecule has 13 heavy (non-hydrogen) atoms. The quantitative estimate of drug-likeness (QED) is 0.381. The van der Waals surface area contributed by atoms with Gasteiger partial charge in [-0.25, -0.2) is 4.98 Å². The minimum atomic E-state index is -1.35. The van der Waals surface area contributed by atoms with Gasteiger partial charge in [-0.05, 0) is 12.1 Å². The van der Waals surface area contributed by atoms with Gasteiger partial charge in [0.1, 0.15) is 0 Å². The highest BCUT2D eigenvalue weighted by Gasteiger charge is 1.98. The molecular weight excluding hydrogens is 172 g/mol. The Bertz CT molecular complexity index is 228. The summed E-state index contributed by atoms with van der Waals surface area (Å²) in [7, 11) is 0. The molecule has 1 aromatic rings. The van der Waals surface area contributed by atoms with E-state index in [2.05, 4.69) is 10.5 Å². The number of aliphatic hydroxyl groups excluding tert-OH is 1. The lowest BCUT2D eigenvalue weighted by atomic mass is 10.4. The van der Waals surface area contributed by atoms with E-state index in [4.69, 9.17) is 15.1 Å². The zero-order valence-electron chi connectivity index (χ0n) is 7.00. The third kappa shape index (κ3) is 4.41. The van der Waals surface area contributed by atoms with Gasteiger partial charge in [0.15, 0.2) is 12.1 Å². The molecule has 71 valence electrons. The maximum absolute atomic E-state index is 8.47. The van der Waals surface area contributed by atoms with Crippen LogP contribution in [0.25, 0.3) is 0 Å². The Morgan fingerprint density at radius 2 is 2.31 bits per heavy atom. The Labute approximate surface area is 76.0 Å². The lowest BCUT2D eigenvalue weighted by Gasteiger charge is -2.03. The molecule has 1 heterocycles. The van der Waals surface area contributed by atoms with Gasteiger partial charge in [-0.3, -0.25) is 4.84 Å². The van der Waals surface area contributed by atoms with Gasteiger partial charge in [0, 0.05) is 12.6 Å². The molecule has 0 fully saturated rings. The molecule has 0 saturated carbocycles. The van der Waals surface area contributed by atoms with Crippen LogP contribution in [0.15, 0.2) is 24.4 Å². The number of hydrogen-bond acceptors (Lipinski definition) is 4. The lowest BCUT2D eigenvalue weighted by Crippen LogP contribution is -2.11. The normalized spacial score (nSPS) is 10.4. The number of aliphatic hydroxyl groups is 2. The molecule has 1 rings (SSSR count). The third-order valence-corrected chi connectivity index (χ3v) is 1.27. The molecule has 0 atom stereocenters. The van der Waals surface area contributed by atoms with Gasteiger partial charge in [-0.1, -0.05) is 6.07 Å². The first-order valence-electron chi connectivity index (χ1n) is 3.89. The summed E-state index contributed by atoms with van der Waals surface area (Å²) >= 11 is 0. The average molecular weight is 183 g/mol. The molecule has 0 unspecified atom stereocenters. The second-order valence-corrected chi connectivity index (χ2v) is 2.38. The first-order chi connectivity index (χ1) is 6.29. The van der Waals surface area contributed by atoms with Crippen LogP contribution in [0, 0.1) is 0 Å². The van der Waals surface area contributed by atoms with Crippen molar-refractivity contribution in [3.05, 3.63) is 24.4 Å². The van der Waals surface area contributed by atoms with Crippen LogP contribution in [0.4, 0.5) is 5.82 Å². The second-order valence-electron chi connectivity index (χ2n) is 2.38. The fourth-order valence-electron chi connectivity index (χ4n) is 0.678. The van der Waals surface area contributed by atoms with Gasteiger partial charge < -0.3 is 10.2 Å². The van der Waals surface area contributed by atoms with Gasteiger partial charge in [-0.2, -0.15) is 0 Å². The van der Waals surface area contributed by atoms with E-state index in [9.17, 15) is 0 Å². The summed E-state index contributed by atoms with van der Waals surface area (Å²) < 4.78 is 0. The standard InChI is InChI=1S/C8H11N2O3/c11-8(12)4-6-13-10-7-3-1-2-5-9-7/h1-3,5,8,11-12H,4,6H2. The van der Waals surface area contributed by atoms with E-state index >= 15 is 0 Å². The Morgan fingerprint density at radius 3 is 2.92 bits per heavy atom. The molecule has 5 heteroatoms. The van der Waals surface area contributed by atoms with Gasteiger partial charge in [0.25, 0.3) is 0 Å². The molecule has 0 aromatic carbocycles. The Hall–Kier alpha value is -1.17. The highest BCUT2D eigenvalue weighted by Crippen LogP contribution is 2.00. The van der Waals surface area contributed by atoms with E-state index in [1.165, 1.54) is 0 Å². The van der Waals surface area contributed by atoms with Crippen molar-refractivity contribution in [2.45, 2.75) is 12.7 Å². The molecule has 0 bridgehead atoms. The smallest absolute Gasteiger partial charge is 0.179 e. The van der Waals surface area contributed by atoms with Crippen LogP contribution in [0.5, 0.6) is 0 Å². The SMILES string of the molecule is OC(O)CCO[N]c1ccccn1. The predicted octanol–water partition coefficient (Wildman–Crippen LogP) is -0.0501. The van der Waals surface area contributed by atoms with Crippen LogP contribution >= 0.6 is 0 Å². The van der Waals surface area contributed by atoms with Gasteiger partial charge in [0.2, 0.25) is 0 Å². The molecule has 0 aliphatic heterocycles. The number of nitrogens with zero attached hydrogens (tertiary/aromatic N) is 2. The molecule has 0 amide bonds. The molecule has 5 nitrogen and oxygen atoms in total. The number of aromatic nitrogens is 1. The van der Waals surface area contributed by atoms with E-state index in [1.54, 1.807) is 24.4 Å². The summed E-state index contributed by atoms with van der Waals surface area (Å²) in [6.07, 6.45) is 0.387. The van der Waals surface area contributed by atoms with Crippen LogP contribution in [0.3, 0.4) is 0 Å². The van der Waals surface area contributed by atoms with Crippen molar-refractivity contribution in [2.24, 2.45) is 0 Å². The van der Waals surface area contributed by atoms with E-state index in [-0.39, 0.29) is 13.0 Å². The molecule has 2 N–H and O–H groups in total. The molecule has 1 aromatic heterocycles. The van der Waals surface area contributed by atoms with Gasteiger partial charge in [-0.15, -0.1) is 5.48 Å². The summed E-state index contributed by atoms with van der Waals surface area (Å²) in [4.78, 5) is 8.65. The highest BCUT2D eigenvalue weighted by molar-refractivity contribution is 5.21. The number of pyridine rings is 1. The van der Waals surface area contributed by atoms with Crippen molar-refractivity contribution < 1.29 is 15.1 Å². The van der Waals surface area contributed by atoms with Crippen molar-refractivity contribution in [1.29, 1.82) is 0 Å². The molecule has 0 aliphatic carbocycles. The topological polar surface area (TPSA) is 76.7 Å². The average Bonchev–Trinajstić information content (AvgIpc) is 2.14. The minimum absolute atomic E-state index is 0.135. The van der Waals surface area contributed by atoms with Crippen LogP contribution < -0.4 is 5.48 Å². The highest BCUT2D eigenvalue weighted by atomic mass is 16.6. The summed E-state index contributed by atoms with van der Waals surface area (Å²) in [5.41, 5.74) is 3.64. The van der Waals surface area contributed by atoms with E-state index in [0.717, 1.165) is 0 Å². The van der Waals surface area contributed by atoms with Gasteiger partial charge >= 0.3 is 0 Å². The second kappa shape index (κ2) is 5.47. The maximum atomic E-state index is 8.47. The maximum Gasteiger partial charge on any atom is 0.179 e. The summed E-state index contributed by atoms with van der Waals surface area (Å²) in [5.74, 6) is 0.468. The molecular formula is C8H11N2O3.